The minimum absolute atomic E-state index is 0.000660. The quantitative estimate of drug-likeness (QED) is 0.285. The molecule has 27 heavy (non-hydrogen) atoms. The van der Waals surface area contributed by atoms with Gasteiger partial charge in [-0.15, -0.1) is 0 Å². The van der Waals surface area contributed by atoms with Crippen LogP contribution in [-0.4, -0.2) is 37.8 Å². The predicted molar refractivity (Wildman–Crippen MR) is 93.0 cm³/mol. The van der Waals surface area contributed by atoms with E-state index in [-0.39, 0.29) is 36.9 Å². The van der Waals surface area contributed by atoms with Crippen molar-refractivity contribution in [2.45, 2.75) is 6.92 Å². The fraction of sp³-hybridized carbons (Fsp3) is 0.278. The Labute approximate surface area is 154 Å². The van der Waals surface area contributed by atoms with Crippen molar-refractivity contribution in [3.05, 3.63) is 57.9 Å². The normalized spacial score (nSPS) is 10.2. The number of nitrogens with zero attached hydrogens (tertiary/aromatic N) is 1. The van der Waals surface area contributed by atoms with Gasteiger partial charge in [-0.1, -0.05) is 0 Å². The van der Waals surface area contributed by atoms with E-state index in [1.807, 2.05) is 0 Å². The summed E-state index contributed by atoms with van der Waals surface area (Å²) in [5, 5.41) is 11.3. The van der Waals surface area contributed by atoms with Crippen molar-refractivity contribution in [2.75, 3.05) is 26.9 Å². The smallest absolute Gasteiger partial charge is 0.345 e. The summed E-state index contributed by atoms with van der Waals surface area (Å²) < 4.78 is 33.5. The van der Waals surface area contributed by atoms with E-state index in [4.69, 9.17) is 18.9 Å². The van der Waals surface area contributed by atoms with Crippen LogP contribution in [0.4, 0.5) is 10.1 Å². The summed E-state index contributed by atoms with van der Waals surface area (Å²) in [6.45, 7) is 1.84. The molecule has 144 valence electrons. The molecule has 0 spiro atoms. The Morgan fingerprint density at radius 1 is 1.11 bits per heavy atom. The number of ether oxygens (including phenoxy) is 4. The Hall–Kier alpha value is -3.36. The van der Waals surface area contributed by atoms with Crippen molar-refractivity contribution in [1.29, 1.82) is 0 Å². The number of hydrogen-bond acceptors (Lipinski definition) is 7. The van der Waals surface area contributed by atoms with Crippen LogP contribution in [0.1, 0.15) is 17.3 Å². The predicted octanol–water partition coefficient (Wildman–Crippen LogP) is 3.38. The highest BCUT2D eigenvalue weighted by Gasteiger charge is 2.25. The minimum atomic E-state index is -0.897. The first-order valence-electron chi connectivity index (χ1n) is 8.01. The number of carbonyl (C=O) groups excluding carboxylic acids is 1. The summed E-state index contributed by atoms with van der Waals surface area (Å²) in [6, 6.07) is 7.65. The van der Waals surface area contributed by atoms with E-state index in [1.54, 1.807) is 6.92 Å². The lowest BCUT2D eigenvalue weighted by Crippen LogP contribution is -2.14. The van der Waals surface area contributed by atoms with Crippen LogP contribution in [0.25, 0.3) is 0 Å². The highest BCUT2D eigenvalue weighted by Crippen LogP contribution is 2.35. The van der Waals surface area contributed by atoms with Crippen LogP contribution in [0.15, 0.2) is 36.4 Å². The highest BCUT2D eigenvalue weighted by atomic mass is 19.1. The molecule has 0 aliphatic heterocycles. The molecular weight excluding hydrogens is 361 g/mol. The van der Waals surface area contributed by atoms with Gasteiger partial charge in [0.1, 0.15) is 30.3 Å². The molecule has 0 bridgehead atoms. The van der Waals surface area contributed by atoms with E-state index in [0.717, 1.165) is 6.07 Å². The zero-order chi connectivity index (χ0) is 19.8. The van der Waals surface area contributed by atoms with Crippen LogP contribution in [0, 0.1) is 15.9 Å². The lowest BCUT2D eigenvalue weighted by Gasteiger charge is -2.12. The van der Waals surface area contributed by atoms with Gasteiger partial charge in [-0.05, 0) is 31.2 Å². The zero-order valence-corrected chi connectivity index (χ0v) is 14.8. The van der Waals surface area contributed by atoms with E-state index in [9.17, 15) is 19.3 Å². The average Bonchev–Trinajstić information content (AvgIpc) is 2.66. The van der Waals surface area contributed by atoms with Crippen LogP contribution in [0.2, 0.25) is 0 Å². The number of carbonyl (C=O) groups is 1. The molecule has 0 aliphatic carbocycles. The molecule has 0 amide bonds. The second kappa shape index (κ2) is 9.37. The van der Waals surface area contributed by atoms with Crippen molar-refractivity contribution in [3.63, 3.8) is 0 Å². The number of methoxy groups -OCH3 is 1. The van der Waals surface area contributed by atoms with Gasteiger partial charge in [-0.2, -0.15) is 0 Å². The molecule has 0 unspecified atom stereocenters. The van der Waals surface area contributed by atoms with Crippen molar-refractivity contribution >= 4 is 11.7 Å². The van der Waals surface area contributed by atoms with Gasteiger partial charge in [0.2, 0.25) is 0 Å². The summed E-state index contributed by atoms with van der Waals surface area (Å²) in [4.78, 5) is 22.8. The third-order valence-electron chi connectivity index (χ3n) is 3.40. The molecule has 2 aromatic carbocycles. The number of hydrogen-bond donors (Lipinski definition) is 0. The van der Waals surface area contributed by atoms with Gasteiger partial charge in [0.05, 0.1) is 24.7 Å². The van der Waals surface area contributed by atoms with Gasteiger partial charge in [0.25, 0.3) is 5.69 Å². The Kier molecular flexibility index (Phi) is 6.93. The topological polar surface area (TPSA) is 97.1 Å². The third kappa shape index (κ3) is 5.30. The Morgan fingerprint density at radius 3 is 2.41 bits per heavy atom. The van der Waals surface area contributed by atoms with Crippen LogP contribution >= 0.6 is 0 Å². The van der Waals surface area contributed by atoms with Crippen LogP contribution in [0.3, 0.4) is 0 Å². The zero-order valence-electron chi connectivity index (χ0n) is 14.8. The Balaban J connectivity index is 2.05. The number of benzene rings is 2. The Morgan fingerprint density at radius 2 is 1.81 bits per heavy atom. The molecule has 0 N–H and O–H groups in total. The summed E-state index contributed by atoms with van der Waals surface area (Å²) in [6.07, 6.45) is 0. The molecule has 0 fully saturated rings. The summed E-state index contributed by atoms with van der Waals surface area (Å²) >= 11 is 0. The standard InChI is InChI=1S/C18H18FNO7/c1-3-25-17-11-15(20(22)23)14(10-16(17)24-2)18(21)27-9-8-26-13-6-4-12(19)5-7-13/h4-7,10-11H,3,8-9H2,1-2H3. The molecular formula is C18H18FNO7. The molecule has 0 aromatic heterocycles. The van der Waals surface area contributed by atoms with Gasteiger partial charge < -0.3 is 18.9 Å². The SMILES string of the molecule is CCOc1cc([N+](=O)[O-])c(C(=O)OCCOc2ccc(F)cc2)cc1OC. The highest BCUT2D eigenvalue weighted by molar-refractivity contribution is 5.95. The molecule has 2 aromatic rings. The van der Waals surface area contributed by atoms with E-state index < -0.39 is 22.4 Å². The monoisotopic (exact) mass is 379 g/mol. The molecule has 0 atom stereocenters. The number of nitro groups is 1. The van der Waals surface area contributed by atoms with Crippen molar-refractivity contribution in [3.8, 4) is 17.2 Å². The summed E-state index contributed by atoms with van der Waals surface area (Å²) in [5.74, 6) is -0.558. The van der Waals surface area contributed by atoms with Gasteiger partial charge in [0.15, 0.2) is 11.5 Å². The van der Waals surface area contributed by atoms with Gasteiger partial charge in [0, 0.05) is 6.07 Å². The fourth-order valence-corrected chi connectivity index (χ4v) is 2.19. The number of rotatable bonds is 9. The summed E-state index contributed by atoms with van der Waals surface area (Å²) in [5.41, 5.74) is -0.717. The molecule has 0 saturated carbocycles. The number of nitro benzene ring substituents is 1. The molecule has 0 aliphatic rings. The molecule has 9 heteroatoms. The van der Waals surface area contributed by atoms with Crippen LogP contribution in [0.5, 0.6) is 17.2 Å². The maximum absolute atomic E-state index is 12.8. The first kappa shape index (κ1) is 20.0. The lowest BCUT2D eigenvalue weighted by atomic mass is 10.1. The van der Waals surface area contributed by atoms with E-state index >= 15 is 0 Å². The van der Waals surface area contributed by atoms with Gasteiger partial charge in [-0.3, -0.25) is 10.1 Å². The molecule has 2 rings (SSSR count). The first-order valence-corrected chi connectivity index (χ1v) is 8.01. The third-order valence-corrected chi connectivity index (χ3v) is 3.40. The largest absolute Gasteiger partial charge is 0.493 e. The summed E-state index contributed by atoms with van der Waals surface area (Å²) in [7, 11) is 1.36. The maximum Gasteiger partial charge on any atom is 0.345 e. The van der Waals surface area contributed by atoms with Crippen molar-refractivity contribution < 1.29 is 33.1 Å². The molecule has 0 heterocycles. The Bertz CT molecular complexity index is 808. The van der Waals surface area contributed by atoms with Gasteiger partial charge >= 0.3 is 5.97 Å². The van der Waals surface area contributed by atoms with E-state index in [0.29, 0.717) is 5.75 Å². The number of halogens is 1. The molecule has 8 nitrogen and oxygen atoms in total. The maximum atomic E-state index is 12.8. The van der Waals surface area contributed by atoms with E-state index in [2.05, 4.69) is 0 Å². The molecule has 0 saturated heterocycles. The lowest BCUT2D eigenvalue weighted by molar-refractivity contribution is -0.385. The second-order valence-electron chi connectivity index (χ2n) is 5.15. The molecule has 0 radical (unpaired) electrons. The number of esters is 1. The minimum Gasteiger partial charge on any atom is -0.493 e. The van der Waals surface area contributed by atoms with Crippen molar-refractivity contribution in [1.82, 2.24) is 0 Å². The fourth-order valence-electron chi connectivity index (χ4n) is 2.19. The second-order valence-corrected chi connectivity index (χ2v) is 5.15. The average molecular weight is 379 g/mol. The first-order chi connectivity index (χ1) is 13.0. The van der Waals surface area contributed by atoms with Crippen LogP contribution in [-0.2, 0) is 4.74 Å². The van der Waals surface area contributed by atoms with Crippen molar-refractivity contribution in [2.24, 2.45) is 0 Å². The van der Waals surface area contributed by atoms with Gasteiger partial charge in [-0.25, -0.2) is 9.18 Å². The van der Waals surface area contributed by atoms with Crippen LogP contribution < -0.4 is 14.2 Å². The van der Waals surface area contributed by atoms with E-state index in [1.165, 1.54) is 37.4 Å².